The van der Waals surface area contributed by atoms with Crippen LogP contribution in [-0.2, 0) is 4.79 Å². The quantitative estimate of drug-likeness (QED) is 0.785. The minimum Gasteiger partial charge on any atom is -0.376 e. The number of rotatable bonds is 3. The number of halogens is 1. The van der Waals surface area contributed by atoms with E-state index in [0.717, 1.165) is 11.3 Å². The molecule has 0 unspecified atom stereocenters. The second-order valence-corrected chi connectivity index (χ2v) is 4.27. The summed E-state index contributed by atoms with van der Waals surface area (Å²) in [6.07, 6.45) is 0. The summed E-state index contributed by atoms with van der Waals surface area (Å²) in [5, 5.41) is 0. The minimum absolute atomic E-state index is 0.0301. The Hall–Kier alpha value is -1.09. The predicted octanol–water partition coefficient (Wildman–Crippen LogP) is 2.90. The van der Waals surface area contributed by atoms with Crippen molar-refractivity contribution < 1.29 is 4.79 Å². The summed E-state index contributed by atoms with van der Waals surface area (Å²) in [7, 11) is 3.85. The third-order valence-electron chi connectivity index (χ3n) is 2.01. The zero-order valence-electron chi connectivity index (χ0n) is 9.12. The van der Waals surface area contributed by atoms with Crippen molar-refractivity contribution in [1.82, 2.24) is 4.90 Å². The number of ketones is 1. The molecule has 0 N–H and O–H groups in total. The molecule has 2 nitrogen and oxygen atoms in total. The third-order valence-corrected chi connectivity index (χ3v) is 2.95. The summed E-state index contributed by atoms with van der Waals surface area (Å²) < 4.78 is 0.610. The van der Waals surface area contributed by atoms with E-state index in [4.69, 9.17) is 0 Å². The fraction of sp³-hybridized carbons (Fsp3) is 0.250. The standard InChI is InChI=1S/C12H14BrNO/c1-9(15)11(13)12(14(2)3)10-7-5-4-6-8-10/h4-8H,1-3H3/b12-11+. The molecule has 1 rings (SSSR count). The van der Waals surface area contributed by atoms with E-state index < -0.39 is 0 Å². The van der Waals surface area contributed by atoms with E-state index in [1.54, 1.807) is 6.92 Å². The minimum atomic E-state index is 0.0301. The summed E-state index contributed by atoms with van der Waals surface area (Å²) in [4.78, 5) is 13.3. The molecular formula is C12H14BrNO. The summed E-state index contributed by atoms with van der Waals surface area (Å²) in [6.45, 7) is 1.55. The summed E-state index contributed by atoms with van der Waals surface area (Å²) in [5.41, 5.74) is 1.94. The molecule has 0 aliphatic heterocycles. The molecule has 0 aromatic heterocycles. The summed E-state index contributed by atoms with van der Waals surface area (Å²) in [5.74, 6) is 0.0301. The molecule has 0 aliphatic rings. The van der Waals surface area contributed by atoms with Crippen LogP contribution in [0.5, 0.6) is 0 Å². The second kappa shape index (κ2) is 5.12. The van der Waals surface area contributed by atoms with Gasteiger partial charge in [0, 0.05) is 14.1 Å². The molecule has 1 aromatic carbocycles. The first-order valence-corrected chi connectivity index (χ1v) is 5.46. The molecule has 15 heavy (non-hydrogen) atoms. The highest BCUT2D eigenvalue weighted by atomic mass is 79.9. The Balaban J connectivity index is 3.27. The van der Waals surface area contributed by atoms with Gasteiger partial charge in [-0.05, 0) is 28.4 Å². The van der Waals surface area contributed by atoms with Gasteiger partial charge in [-0.2, -0.15) is 0 Å². The number of hydrogen-bond acceptors (Lipinski definition) is 2. The molecule has 1 aromatic rings. The van der Waals surface area contributed by atoms with Crippen LogP contribution in [0.1, 0.15) is 12.5 Å². The van der Waals surface area contributed by atoms with Gasteiger partial charge < -0.3 is 4.90 Å². The highest BCUT2D eigenvalue weighted by molar-refractivity contribution is 9.12. The first-order valence-electron chi connectivity index (χ1n) is 4.67. The maximum Gasteiger partial charge on any atom is 0.168 e. The fourth-order valence-electron chi connectivity index (χ4n) is 1.34. The molecule has 0 aliphatic carbocycles. The van der Waals surface area contributed by atoms with Gasteiger partial charge in [0.25, 0.3) is 0 Å². The molecule has 0 amide bonds. The monoisotopic (exact) mass is 267 g/mol. The van der Waals surface area contributed by atoms with Crippen LogP contribution in [0, 0.1) is 0 Å². The number of Topliss-reactive ketones (excluding diaryl/α,β-unsaturated/α-hetero) is 1. The van der Waals surface area contributed by atoms with Gasteiger partial charge in [-0.25, -0.2) is 0 Å². The molecule has 3 heteroatoms. The van der Waals surface area contributed by atoms with Crippen molar-refractivity contribution in [1.29, 1.82) is 0 Å². The Bertz CT molecular complexity index is 382. The van der Waals surface area contributed by atoms with Crippen molar-refractivity contribution in [3.63, 3.8) is 0 Å². The van der Waals surface area contributed by atoms with Crippen LogP contribution < -0.4 is 0 Å². The smallest absolute Gasteiger partial charge is 0.168 e. The first-order chi connectivity index (χ1) is 7.04. The lowest BCUT2D eigenvalue weighted by atomic mass is 10.1. The zero-order chi connectivity index (χ0) is 11.4. The topological polar surface area (TPSA) is 20.3 Å². The van der Waals surface area contributed by atoms with Crippen molar-refractivity contribution in [2.24, 2.45) is 0 Å². The van der Waals surface area contributed by atoms with Gasteiger partial charge in [-0.1, -0.05) is 30.3 Å². The van der Waals surface area contributed by atoms with E-state index in [9.17, 15) is 4.79 Å². The average Bonchev–Trinajstić information content (AvgIpc) is 2.18. The van der Waals surface area contributed by atoms with Gasteiger partial charge >= 0.3 is 0 Å². The molecule has 0 saturated carbocycles. The highest BCUT2D eigenvalue weighted by Gasteiger charge is 2.12. The van der Waals surface area contributed by atoms with Gasteiger partial charge in [0.1, 0.15) is 0 Å². The van der Waals surface area contributed by atoms with Crippen molar-refractivity contribution in [2.45, 2.75) is 6.92 Å². The number of carbonyl (C=O) groups excluding carboxylic acids is 1. The lowest BCUT2D eigenvalue weighted by Crippen LogP contribution is -2.13. The van der Waals surface area contributed by atoms with Gasteiger partial charge in [0.2, 0.25) is 0 Å². The van der Waals surface area contributed by atoms with Crippen LogP contribution in [-0.4, -0.2) is 24.8 Å². The SMILES string of the molecule is CC(=O)/C(Br)=C(/c1ccccc1)N(C)C. The predicted molar refractivity (Wildman–Crippen MR) is 66.7 cm³/mol. The molecule has 0 radical (unpaired) electrons. The van der Waals surface area contributed by atoms with E-state index in [1.807, 2.05) is 49.3 Å². The second-order valence-electron chi connectivity index (χ2n) is 3.48. The van der Waals surface area contributed by atoms with Gasteiger partial charge in [-0.3, -0.25) is 4.79 Å². The number of carbonyl (C=O) groups is 1. The van der Waals surface area contributed by atoms with Crippen molar-refractivity contribution in [2.75, 3.05) is 14.1 Å². The first kappa shape index (κ1) is 12.0. The fourth-order valence-corrected chi connectivity index (χ4v) is 1.93. The lowest BCUT2D eigenvalue weighted by Gasteiger charge is -2.19. The molecule has 0 spiro atoms. The Morgan fingerprint density at radius 1 is 1.20 bits per heavy atom. The molecule has 80 valence electrons. The Morgan fingerprint density at radius 2 is 1.73 bits per heavy atom. The molecule has 0 fully saturated rings. The number of benzene rings is 1. The van der Waals surface area contributed by atoms with Crippen LogP contribution in [0.2, 0.25) is 0 Å². The molecule has 0 bridgehead atoms. The van der Waals surface area contributed by atoms with Crippen molar-refractivity contribution in [3.05, 3.63) is 40.4 Å². The number of nitrogens with zero attached hydrogens (tertiary/aromatic N) is 1. The number of hydrogen-bond donors (Lipinski definition) is 0. The van der Waals surface area contributed by atoms with E-state index >= 15 is 0 Å². The largest absolute Gasteiger partial charge is 0.376 e. The Kier molecular flexibility index (Phi) is 4.09. The van der Waals surface area contributed by atoms with Crippen LogP contribution in [0.4, 0.5) is 0 Å². The van der Waals surface area contributed by atoms with Crippen molar-refractivity contribution >= 4 is 27.4 Å². The molecular weight excluding hydrogens is 254 g/mol. The maximum absolute atomic E-state index is 11.3. The maximum atomic E-state index is 11.3. The average molecular weight is 268 g/mol. The summed E-state index contributed by atoms with van der Waals surface area (Å²) >= 11 is 3.33. The zero-order valence-corrected chi connectivity index (χ0v) is 10.7. The number of allylic oxidation sites excluding steroid dienone is 1. The molecule has 0 heterocycles. The lowest BCUT2D eigenvalue weighted by molar-refractivity contribution is -0.112. The van der Waals surface area contributed by atoms with E-state index in [1.165, 1.54) is 0 Å². The normalized spacial score (nSPS) is 12.0. The summed E-state index contributed by atoms with van der Waals surface area (Å²) in [6, 6.07) is 9.84. The van der Waals surface area contributed by atoms with Crippen LogP contribution >= 0.6 is 15.9 Å². The van der Waals surface area contributed by atoms with Crippen LogP contribution in [0.15, 0.2) is 34.8 Å². The Labute approximate surface area is 98.7 Å². The van der Waals surface area contributed by atoms with Gasteiger partial charge in [0.15, 0.2) is 5.78 Å². The molecule has 0 saturated heterocycles. The van der Waals surface area contributed by atoms with Crippen LogP contribution in [0.3, 0.4) is 0 Å². The van der Waals surface area contributed by atoms with Crippen molar-refractivity contribution in [3.8, 4) is 0 Å². The van der Waals surface area contributed by atoms with Gasteiger partial charge in [0.05, 0.1) is 10.2 Å². The van der Waals surface area contributed by atoms with E-state index in [-0.39, 0.29) is 5.78 Å². The van der Waals surface area contributed by atoms with E-state index in [0.29, 0.717) is 4.48 Å². The molecule has 0 atom stereocenters. The Morgan fingerprint density at radius 3 is 2.13 bits per heavy atom. The highest BCUT2D eigenvalue weighted by Crippen LogP contribution is 2.24. The van der Waals surface area contributed by atoms with Gasteiger partial charge in [-0.15, -0.1) is 0 Å². The van der Waals surface area contributed by atoms with Crippen LogP contribution in [0.25, 0.3) is 5.70 Å². The van der Waals surface area contributed by atoms with E-state index in [2.05, 4.69) is 15.9 Å². The third kappa shape index (κ3) is 2.93.